The standard InChI is InChI=1S/C20H30N2O3S/c1-14-7-9-15(10-8-14)19(23)22-18(11-12-26-3)20(24)21-16-5-4-6-17(13-16)25-2/h4-6,13-15,18H,7-12H2,1-3H3,(H,21,24)(H,22,23)/t14?,15?,18-/m1/s1. The fourth-order valence-electron chi connectivity index (χ4n) is 3.25. The van der Waals surface area contributed by atoms with Gasteiger partial charge in [-0.05, 0) is 62.2 Å². The summed E-state index contributed by atoms with van der Waals surface area (Å²) in [6.45, 7) is 2.23. The van der Waals surface area contributed by atoms with Crippen LogP contribution in [0.5, 0.6) is 5.75 Å². The first-order chi connectivity index (χ1) is 12.5. The predicted molar refractivity (Wildman–Crippen MR) is 108 cm³/mol. The summed E-state index contributed by atoms with van der Waals surface area (Å²) in [5, 5.41) is 5.89. The summed E-state index contributed by atoms with van der Waals surface area (Å²) in [6, 6.07) is 6.73. The third-order valence-corrected chi connectivity index (χ3v) is 5.61. The van der Waals surface area contributed by atoms with Gasteiger partial charge in [0.1, 0.15) is 11.8 Å². The number of hydrogen-bond donors (Lipinski definition) is 2. The summed E-state index contributed by atoms with van der Waals surface area (Å²) in [5.74, 6) is 2.07. The maximum Gasteiger partial charge on any atom is 0.246 e. The lowest BCUT2D eigenvalue weighted by Gasteiger charge is -2.27. The van der Waals surface area contributed by atoms with Crippen molar-refractivity contribution in [1.29, 1.82) is 0 Å². The molecule has 1 fully saturated rings. The average Bonchev–Trinajstić information content (AvgIpc) is 2.65. The molecule has 0 radical (unpaired) electrons. The lowest BCUT2D eigenvalue weighted by Crippen LogP contribution is -2.46. The fraction of sp³-hybridized carbons (Fsp3) is 0.600. The van der Waals surface area contributed by atoms with Crippen LogP contribution in [0.4, 0.5) is 5.69 Å². The van der Waals surface area contributed by atoms with Gasteiger partial charge in [-0.1, -0.05) is 13.0 Å². The molecule has 5 nitrogen and oxygen atoms in total. The van der Waals surface area contributed by atoms with Crippen LogP contribution in [0.25, 0.3) is 0 Å². The van der Waals surface area contributed by atoms with Crippen LogP contribution >= 0.6 is 11.8 Å². The smallest absolute Gasteiger partial charge is 0.246 e. The number of carbonyl (C=O) groups excluding carboxylic acids is 2. The van der Waals surface area contributed by atoms with Crippen molar-refractivity contribution in [3.05, 3.63) is 24.3 Å². The number of carbonyl (C=O) groups is 2. The van der Waals surface area contributed by atoms with Crippen molar-refractivity contribution in [1.82, 2.24) is 5.32 Å². The maximum absolute atomic E-state index is 12.7. The molecule has 0 unspecified atom stereocenters. The molecule has 0 aliphatic heterocycles. The molecule has 1 aliphatic carbocycles. The predicted octanol–water partition coefficient (Wildman–Crippen LogP) is 3.70. The Balaban J connectivity index is 1.98. The first-order valence-electron chi connectivity index (χ1n) is 9.27. The van der Waals surface area contributed by atoms with Gasteiger partial charge in [0.05, 0.1) is 7.11 Å². The van der Waals surface area contributed by atoms with E-state index in [1.165, 1.54) is 0 Å². The second kappa shape index (κ2) is 10.5. The molecule has 1 atom stereocenters. The van der Waals surface area contributed by atoms with Gasteiger partial charge in [-0.2, -0.15) is 11.8 Å². The Morgan fingerprint density at radius 1 is 1.27 bits per heavy atom. The van der Waals surface area contributed by atoms with E-state index in [9.17, 15) is 9.59 Å². The van der Waals surface area contributed by atoms with Crippen LogP contribution in [0.1, 0.15) is 39.0 Å². The second-order valence-corrected chi connectivity index (χ2v) is 8.01. The summed E-state index contributed by atoms with van der Waals surface area (Å²) in [4.78, 5) is 25.3. The van der Waals surface area contributed by atoms with E-state index in [0.29, 0.717) is 23.8 Å². The molecule has 2 amide bonds. The Labute approximate surface area is 160 Å². The number of rotatable bonds is 8. The lowest BCUT2D eigenvalue weighted by molar-refractivity contribution is -0.130. The largest absolute Gasteiger partial charge is 0.497 e. The average molecular weight is 379 g/mol. The number of anilines is 1. The topological polar surface area (TPSA) is 67.4 Å². The molecule has 1 aromatic carbocycles. The van der Waals surface area contributed by atoms with Gasteiger partial charge in [0.15, 0.2) is 0 Å². The van der Waals surface area contributed by atoms with Gasteiger partial charge in [-0.3, -0.25) is 9.59 Å². The first-order valence-corrected chi connectivity index (χ1v) is 10.7. The van der Waals surface area contributed by atoms with Crippen molar-refractivity contribution >= 4 is 29.3 Å². The minimum absolute atomic E-state index is 0.0174. The van der Waals surface area contributed by atoms with Crippen LogP contribution in [-0.4, -0.2) is 37.0 Å². The number of methoxy groups -OCH3 is 1. The van der Waals surface area contributed by atoms with Crippen molar-refractivity contribution in [2.75, 3.05) is 24.4 Å². The fourth-order valence-corrected chi connectivity index (χ4v) is 3.72. The number of ether oxygens (including phenoxy) is 1. The van der Waals surface area contributed by atoms with E-state index in [2.05, 4.69) is 17.6 Å². The molecule has 1 aromatic rings. The van der Waals surface area contributed by atoms with E-state index in [1.807, 2.05) is 24.5 Å². The highest BCUT2D eigenvalue weighted by molar-refractivity contribution is 7.98. The van der Waals surface area contributed by atoms with E-state index in [0.717, 1.165) is 31.4 Å². The van der Waals surface area contributed by atoms with Crippen LogP contribution in [0.15, 0.2) is 24.3 Å². The third-order valence-electron chi connectivity index (χ3n) is 4.97. The molecule has 2 rings (SSSR count). The van der Waals surface area contributed by atoms with Crippen molar-refractivity contribution in [3.8, 4) is 5.75 Å². The summed E-state index contributed by atoms with van der Waals surface area (Å²) >= 11 is 1.67. The SMILES string of the molecule is COc1cccc(NC(=O)[C@@H](CCSC)NC(=O)C2CCC(C)CC2)c1. The van der Waals surface area contributed by atoms with E-state index in [-0.39, 0.29) is 17.7 Å². The number of benzene rings is 1. The second-order valence-electron chi connectivity index (χ2n) is 7.02. The van der Waals surface area contributed by atoms with Crippen molar-refractivity contribution < 1.29 is 14.3 Å². The summed E-state index contributed by atoms with van der Waals surface area (Å²) in [6.07, 6.45) is 6.62. The summed E-state index contributed by atoms with van der Waals surface area (Å²) in [5.41, 5.74) is 0.671. The van der Waals surface area contributed by atoms with Crippen LogP contribution in [0, 0.1) is 11.8 Å². The van der Waals surface area contributed by atoms with Crippen LogP contribution in [0.3, 0.4) is 0 Å². The van der Waals surface area contributed by atoms with Crippen LogP contribution < -0.4 is 15.4 Å². The molecule has 0 heterocycles. The highest BCUT2D eigenvalue weighted by atomic mass is 32.2. The van der Waals surface area contributed by atoms with Gasteiger partial charge in [0, 0.05) is 17.7 Å². The number of hydrogen-bond acceptors (Lipinski definition) is 4. The normalized spacial score (nSPS) is 20.9. The number of nitrogens with one attached hydrogen (secondary N) is 2. The Morgan fingerprint density at radius 2 is 2.00 bits per heavy atom. The van der Waals surface area contributed by atoms with Crippen molar-refractivity contribution in [2.24, 2.45) is 11.8 Å². The van der Waals surface area contributed by atoms with Gasteiger partial charge < -0.3 is 15.4 Å². The molecule has 6 heteroatoms. The van der Waals surface area contributed by atoms with E-state index >= 15 is 0 Å². The number of thioether (sulfide) groups is 1. The molecule has 2 N–H and O–H groups in total. The highest BCUT2D eigenvalue weighted by Gasteiger charge is 2.28. The van der Waals surface area contributed by atoms with Gasteiger partial charge >= 0.3 is 0 Å². The van der Waals surface area contributed by atoms with Gasteiger partial charge in [0.2, 0.25) is 11.8 Å². The van der Waals surface area contributed by atoms with Crippen LogP contribution in [-0.2, 0) is 9.59 Å². The zero-order chi connectivity index (χ0) is 18.9. The molecule has 26 heavy (non-hydrogen) atoms. The maximum atomic E-state index is 12.7. The van der Waals surface area contributed by atoms with Crippen molar-refractivity contribution in [3.63, 3.8) is 0 Å². The summed E-state index contributed by atoms with van der Waals surface area (Å²) < 4.78 is 5.19. The van der Waals surface area contributed by atoms with Gasteiger partial charge in [-0.15, -0.1) is 0 Å². The Kier molecular flexibility index (Phi) is 8.29. The molecule has 0 spiro atoms. The molecule has 144 valence electrons. The minimum Gasteiger partial charge on any atom is -0.497 e. The van der Waals surface area contributed by atoms with Crippen LogP contribution in [0.2, 0.25) is 0 Å². The zero-order valence-electron chi connectivity index (χ0n) is 15.9. The first kappa shape index (κ1) is 20.6. The molecule has 0 bridgehead atoms. The van der Waals surface area contributed by atoms with E-state index in [1.54, 1.807) is 24.9 Å². The van der Waals surface area contributed by atoms with E-state index in [4.69, 9.17) is 4.74 Å². The molecule has 0 aromatic heterocycles. The lowest BCUT2D eigenvalue weighted by atomic mass is 9.82. The number of amides is 2. The summed E-state index contributed by atoms with van der Waals surface area (Å²) in [7, 11) is 1.59. The molecule has 0 saturated heterocycles. The molecule has 1 aliphatic rings. The van der Waals surface area contributed by atoms with Gasteiger partial charge in [-0.25, -0.2) is 0 Å². The van der Waals surface area contributed by atoms with Crippen molar-refractivity contribution in [2.45, 2.75) is 45.1 Å². The Morgan fingerprint density at radius 3 is 2.65 bits per heavy atom. The molecular weight excluding hydrogens is 348 g/mol. The third kappa shape index (κ3) is 6.24. The molecule has 1 saturated carbocycles. The van der Waals surface area contributed by atoms with Gasteiger partial charge in [0.25, 0.3) is 0 Å². The van der Waals surface area contributed by atoms with E-state index < -0.39 is 6.04 Å². The Hall–Kier alpha value is -1.69. The Bertz CT molecular complexity index is 600. The zero-order valence-corrected chi connectivity index (χ0v) is 16.7. The monoisotopic (exact) mass is 378 g/mol. The minimum atomic E-state index is -0.513. The highest BCUT2D eigenvalue weighted by Crippen LogP contribution is 2.28. The molecular formula is C20H30N2O3S. The quantitative estimate of drug-likeness (QED) is 0.724.